The molecule has 0 bridgehead atoms. The number of nitrogens with zero attached hydrogens (tertiary/aromatic N) is 1. The standard InChI is InChI=1S/C20H20ClN3O3/c1-13-6-8-18(27-13)14(2)23-20(25)24-15-7-9-19(17(21)11-15)26-12-16-5-3-4-10-22-16/h3-11,14H,12H2,1-2H3,(H2,23,24,25). The summed E-state index contributed by atoms with van der Waals surface area (Å²) in [5, 5.41) is 5.96. The van der Waals surface area contributed by atoms with Crippen molar-refractivity contribution in [2.24, 2.45) is 0 Å². The second kappa shape index (κ2) is 8.60. The molecule has 0 spiro atoms. The predicted octanol–water partition coefficient (Wildman–Crippen LogP) is 5.10. The van der Waals surface area contributed by atoms with Crippen molar-refractivity contribution in [2.45, 2.75) is 26.5 Å². The molecule has 7 heteroatoms. The van der Waals surface area contributed by atoms with Crippen LogP contribution in [0.15, 0.2) is 59.1 Å². The van der Waals surface area contributed by atoms with E-state index >= 15 is 0 Å². The van der Waals surface area contributed by atoms with E-state index in [0.29, 0.717) is 28.8 Å². The summed E-state index contributed by atoms with van der Waals surface area (Å²) < 4.78 is 11.2. The minimum atomic E-state index is -0.352. The molecule has 6 nitrogen and oxygen atoms in total. The zero-order chi connectivity index (χ0) is 19.2. The summed E-state index contributed by atoms with van der Waals surface area (Å²) in [6.45, 7) is 4.02. The van der Waals surface area contributed by atoms with Gasteiger partial charge in [-0.25, -0.2) is 4.79 Å². The number of hydrogen-bond donors (Lipinski definition) is 2. The number of amides is 2. The fourth-order valence-corrected chi connectivity index (χ4v) is 2.69. The van der Waals surface area contributed by atoms with Crippen LogP contribution in [0.25, 0.3) is 0 Å². The smallest absolute Gasteiger partial charge is 0.319 e. The third kappa shape index (κ3) is 5.24. The zero-order valence-corrected chi connectivity index (χ0v) is 15.8. The number of rotatable bonds is 6. The maximum absolute atomic E-state index is 12.2. The van der Waals surface area contributed by atoms with E-state index in [-0.39, 0.29) is 12.1 Å². The van der Waals surface area contributed by atoms with Crippen LogP contribution in [0.2, 0.25) is 5.02 Å². The van der Waals surface area contributed by atoms with Gasteiger partial charge in [-0.3, -0.25) is 4.98 Å². The number of urea groups is 1. The summed E-state index contributed by atoms with van der Waals surface area (Å²) in [4.78, 5) is 16.4. The molecule has 0 radical (unpaired) electrons. The third-order valence-electron chi connectivity index (χ3n) is 3.83. The van der Waals surface area contributed by atoms with E-state index in [4.69, 9.17) is 20.8 Å². The number of carbonyl (C=O) groups is 1. The minimum Gasteiger partial charge on any atom is -0.486 e. The normalized spacial score (nSPS) is 11.7. The van der Waals surface area contributed by atoms with Crippen LogP contribution in [0.5, 0.6) is 5.75 Å². The van der Waals surface area contributed by atoms with Gasteiger partial charge >= 0.3 is 6.03 Å². The van der Waals surface area contributed by atoms with Gasteiger partial charge in [-0.2, -0.15) is 0 Å². The molecule has 1 unspecified atom stereocenters. The molecular formula is C20H20ClN3O3. The van der Waals surface area contributed by atoms with Crippen LogP contribution >= 0.6 is 11.6 Å². The topological polar surface area (TPSA) is 76.4 Å². The first-order valence-electron chi connectivity index (χ1n) is 8.47. The first kappa shape index (κ1) is 18.8. The van der Waals surface area contributed by atoms with Crippen LogP contribution in [-0.4, -0.2) is 11.0 Å². The lowest BCUT2D eigenvalue weighted by atomic mass is 10.2. The molecule has 2 N–H and O–H groups in total. The number of nitrogens with one attached hydrogen (secondary N) is 2. The quantitative estimate of drug-likeness (QED) is 0.619. The van der Waals surface area contributed by atoms with Gasteiger partial charge in [0.25, 0.3) is 0 Å². The van der Waals surface area contributed by atoms with Crippen molar-refractivity contribution in [3.05, 3.63) is 77.0 Å². The number of halogens is 1. The van der Waals surface area contributed by atoms with Gasteiger partial charge in [-0.05, 0) is 56.3 Å². The lowest BCUT2D eigenvalue weighted by molar-refractivity contribution is 0.247. The second-order valence-corrected chi connectivity index (χ2v) is 6.43. The molecule has 1 aromatic carbocycles. The maximum atomic E-state index is 12.2. The van der Waals surface area contributed by atoms with E-state index in [2.05, 4.69) is 15.6 Å². The Balaban J connectivity index is 1.56. The number of hydrogen-bond acceptors (Lipinski definition) is 4. The molecular weight excluding hydrogens is 366 g/mol. The number of furan rings is 1. The average Bonchev–Trinajstić information content (AvgIpc) is 3.08. The molecule has 0 saturated carbocycles. The number of carbonyl (C=O) groups excluding carboxylic acids is 1. The zero-order valence-electron chi connectivity index (χ0n) is 15.0. The van der Waals surface area contributed by atoms with Crippen molar-refractivity contribution in [2.75, 3.05) is 5.32 Å². The lowest BCUT2D eigenvalue weighted by Crippen LogP contribution is -2.30. The highest BCUT2D eigenvalue weighted by atomic mass is 35.5. The van der Waals surface area contributed by atoms with Crippen LogP contribution in [0.1, 0.15) is 30.2 Å². The van der Waals surface area contributed by atoms with Gasteiger partial charge in [0, 0.05) is 11.9 Å². The van der Waals surface area contributed by atoms with Gasteiger partial charge in [0.05, 0.1) is 16.8 Å². The second-order valence-electron chi connectivity index (χ2n) is 6.02. The van der Waals surface area contributed by atoms with E-state index in [9.17, 15) is 4.79 Å². The SMILES string of the molecule is Cc1ccc(C(C)NC(=O)Nc2ccc(OCc3ccccn3)c(Cl)c2)o1. The van der Waals surface area contributed by atoms with E-state index in [0.717, 1.165) is 11.5 Å². The summed E-state index contributed by atoms with van der Waals surface area (Å²) in [7, 11) is 0. The summed E-state index contributed by atoms with van der Waals surface area (Å²) in [6, 6.07) is 13.8. The van der Waals surface area contributed by atoms with Crippen molar-refractivity contribution >= 4 is 23.3 Å². The predicted molar refractivity (Wildman–Crippen MR) is 104 cm³/mol. The Hall–Kier alpha value is -2.99. The molecule has 3 aromatic rings. The first-order chi connectivity index (χ1) is 13.0. The maximum Gasteiger partial charge on any atom is 0.319 e. The van der Waals surface area contributed by atoms with E-state index in [1.165, 1.54) is 0 Å². The lowest BCUT2D eigenvalue weighted by Gasteiger charge is -2.14. The van der Waals surface area contributed by atoms with Crippen LogP contribution in [0.4, 0.5) is 10.5 Å². The monoisotopic (exact) mass is 385 g/mol. The van der Waals surface area contributed by atoms with E-state index in [1.54, 1.807) is 24.4 Å². The summed E-state index contributed by atoms with van der Waals surface area (Å²) in [5.74, 6) is 2.01. The molecule has 1 atom stereocenters. The van der Waals surface area contributed by atoms with Crippen molar-refractivity contribution in [1.29, 1.82) is 0 Å². The highest BCUT2D eigenvalue weighted by Gasteiger charge is 2.13. The number of ether oxygens (including phenoxy) is 1. The van der Waals surface area contributed by atoms with Crippen LogP contribution in [0.3, 0.4) is 0 Å². The summed E-state index contributed by atoms with van der Waals surface area (Å²) in [6.07, 6.45) is 1.71. The molecule has 0 aliphatic heterocycles. The van der Waals surface area contributed by atoms with Crippen LogP contribution in [-0.2, 0) is 6.61 Å². The van der Waals surface area contributed by atoms with Crippen LogP contribution < -0.4 is 15.4 Å². The number of anilines is 1. The molecule has 0 aliphatic carbocycles. The van der Waals surface area contributed by atoms with E-state index in [1.807, 2.05) is 44.2 Å². The third-order valence-corrected chi connectivity index (χ3v) is 4.12. The van der Waals surface area contributed by atoms with Gasteiger partial charge in [-0.15, -0.1) is 0 Å². The van der Waals surface area contributed by atoms with Crippen molar-refractivity contribution < 1.29 is 13.9 Å². The summed E-state index contributed by atoms with van der Waals surface area (Å²) >= 11 is 6.25. The molecule has 2 amide bonds. The molecule has 27 heavy (non-hydrogen) atoms. The highest BCUT2D eigenvalue weighted by molar-refractivity contribution is 6.32. The Kier molecular flexibility index (Phi) is 5.98. The number of aromatic nitrogens is 1. The van der Waals surface area contributed by atoms with Gasteiger partial charge in [-0.1, -0.05) is 17.7 Å². The molecule has 0 saturated heterocycles. The molecule has 2 aromatic heterocycles. The largest absolute Gasteiger partial charge is 0.486 e. The fourth-order valence-electron chi connectivity index (χ4n) is 2.45. The molecule has 0 aliphatic rings. The Bertz CT molecular complexity index is 912. The Morgan fingerprint density at radius 1 is 1.26 bits per heavy atom. The number of benzene rings is 1. The van der Waals surface area contributed by atoms with Gasteiger partial charge in [0.1, 0.15) is 23.9 Å². The molecule has 140 valence electrons. The number of aryl methyl sites for hydroxylation is 1. The number of pyridine rings is 1. The Labute approximate surface area is 162 Å². The van der Waals surface area contributed by atoms with Crippen molar-refractivity contribution in [1.82, 2.24) is 10.3 Å². The molecule has 0 fully saturated rings. The molecule has 3 rings (SSSR count). The van der Waals surface area contributed by atoms with Crippen LogP contribution in [0, 0.1) is 6.92 Å². The first-order valence-corrected chi connectivity index (χ1v) is 8.85. The Morgan fingerprint density at radius 3 is 2.78 bits per heavy atom. The van der Waals surface area contributed by atoms with Gasteiger partial charge in [0.15, 0.2) is 0 Å². The van der Waals surface area contributed by atoms with Gasteiger partial charge < -0.3 is 19.8 Å². The van der Waals surface area contributed by atoms with Gasteiger partial charge in [0.2, 0.25) is 0 Å². The van der Waals surface area contributed by atoms with E-state index < -0.39 is 0 Å². The fraction of sp³-hybridized carbons (Fsp3) is 0.200. The Morgan fingerprint density at radius 2 is 2.11 bits per heavy atom. The summed E-state index contributed by atoms with van der Waals surface area (Å²) in [5.41, 5.74) is 1.36. The molecule has 2 heterocycles. The van der Waals surface area contributed by atoms with Crippen molar-refractivity contribution in [3.63, 3.8) is 0 Å². The minimum absolute atomic E-state index is 0.254. The highest BCUT2D eigenvalue weighted by Crippen LogP contribution is 2.28. The van der Waals surface area contributed by atoms with Crippen molar-refractivity contribution in [3.8, 4) is 5.75 Å². The average molecular weight is 386 g/mol.